The van der Waals surface area contributed by atoms with Gasteiger partial charge in [-0.15, -0.1) is 0 Å². The average Bonchev–Trinajstić information content (AvgIpc) is 3.32. The molecule has 1 heterocycles. The van der Waals surface area contributed by atoms with Gasteiger partial charge >= 0.3 is 6.18 Å². The van der Waals surface area contributed by atoms with Crippen LogP contribution in [0.4, 0.5) is 28.9 Å². The van der Waals surface area contributed by atoms with Crippen molar-refractivity contribution >= 4 is 28.9 Å². The maximum absolute atomic E-state index is 13.2. The SMILES string of the molecule is O=C(Nc1cc(Oc2cccc(C(F)(F)F)c2)cc([N+](=O)[O-])c1)c1ccc(COc2ccc(F)cc2Cl)o1. The van der Waals surface area contributed by atoms with Crippen molar-refractivity contribution in [3.8, 4) is 17.2 Å². The van der Waals surface area contributed by atoms with Gasteiger partial charge < -0.3 is 19.2 Å². The number of carbonyl (C=O) groups is 1. The first kappa shape index (κ1) is 26.5. The molecule has 0 fully saturated rings. The highest BCUT2D eigenvalue weighted by atomic mass is 35.5. The number of benzene rings is 3. The van der Waals surface area contributed by atoms with E-state index in [2.05, 4.69) is 5.32 Å². The molecule has 3 aromatic carbocycles. The predicted octanol–water partition coefficient (Wildman–Crippen LogP) is 7.62. The molecule has 8 nitrogen and oxygen atoms in total. The van der Waals surface area contributed by atoms with Crippen LogP contribution in [0.15, 0.2) is 77.2 Å². The maximum atomic E-state index is 13.2. The summed E-state index contributed by atoms with van der Waals surface area (Å²) in [5.41, 5.74) is -1.51. The molecule has 0 unspecified atom stereocenters. The van der Waals surface area contributed by atoms with Crippen molar-refractivity contribution in [3.63, 3.8) is 0 Å². The van der Waals surface area contributed by atoms with E-state index >= 15 is 0 Å². The van der Waals surface area contributed by atoms with Gasteiger partial charge in [-0.25, -0.2) is 4.39 Å². The Morgan fingerprint density at radius 2 is 1.82 bits per heavy atom. The Balaban J connectivity index is 1.48. The number of nitro benzene ring substituents is 1. The molecule has 0 radical (unpaired) electrons. The number of halogens is 5. The number of carbonyl (C=O) groups excluding carboxylic acids is 1. The number of hydrogen-bond acceptors (Lipinski definition) is 6. The van der Waals surface area contributed by atoms with Crippen LogP contribution in [0.5, 0.6) is 17.2 Å². The van der Waals surface area contributed by atoms with E-state index in [1.54, 1.807) is 0 Å². The van der Waals surface area contributed by atoms with Crippen molar-refractivity contribution in [2.75, 3.05) is 5.32 Å². The number of anilines is 1. The number of furan rings is 1. The van der Waals surface area contributed by atoms with E-state index in [4.69, 9.17) is 25.5 Å². The van der Waals surface area contributed by atoms with Gasteiger partial charge in [-0.05, 0) is 48.5 Å². The fourth-order valence-corrected chi connectivity index (χ4v) is 3.42. The number of nitro groups is 1. The third-order valence-electron chi connectivity index (χ3n) is 4.91. The molecule has 1 amide bonds. The number of nitrogens with one attached hydrogen (secondary N) is 1. The lowest BCUT2D eigenvalue weighted by Crippen LogP contribution is -2.11. The number of non-ortho nitro benzene ring substituents is 1. The van der Waals surface area contributed by atoms with Gasteiger partial charge in [0.05, 0.1) is 27.3 Å². The summed E-state index contributed by atoms with van der Waals surface area (Å²) < 4.78 is 68.4. The minimum Gasteiger partial charge on any atom is -0.484 e. The van der Waals surface area contributed by atoms with Gasteiger partial charge in [0.15, 0.2) is 5.76 Å². The van der Waals surface area contributed by atoms with Crippen molar-refractivity contribution in [3.05, 3.63) is 111 Å². The van der Waals surface area contributed by atoms with Gasteiger partial charge in [0.25, 0.3) is 11.6 Å². The zero-order valence-corrected chi connectivity index (χ0v) is 19.7. The summed E-state index contributed by atoms with van der Waals surface area (Å²) >= 11 is 5.90. The van der Waals surface area contributed by atoms with Crippen molar-refractivity contribution in [2.24, 2.45) is 0 Å². The van der Waals surface area contributed by atoms with E-state index in [-0.39, 0.29) is 46.1 Å². The van der Waals surface area contributed by atoms with Crippen LogP contribution in [-0.4, -0.2) is 10.8 Å². The quantitative estimate of drug-likeness (QED) is 0.137. The number of amides is 1. The second-order valence-electron chi connectivity index (χ2n) is 7.68. The van der Waals surface area contributed by atoms with E-state index in [0.717, 1.165) is 42.5 Å². The highest BCUT2D eigenvalue weighted by molar-refractivity contribution is 6.32. The Kier molecular flexibility index (Phi) is 7.53. The molecule has 0 bridgehead atoms. The molecule has 0 aliphatic rings. The summed E-state index contributed by atoms with van der Waals surface area (Å²) in [7, 11) is 0. The highest BCUT2D eigenvalue weighted by Crippen LogP contribution is 2.34. The lowest BCUT2D eigenvalue weighted by molar-refractivity contribution is -0.384. The van der Waals surface area contributed by atoms with Gasteiger partial charge in [-0.3, -0.25) is 14.9 Å². The Labute approximate surface area is 216 Å². The molecule has 4 rings (SSSR count). The second kappa shape index (κ2) is 10.8. The van der Waals surface area contributed by atoms with Crippen molar-refractivity contribution in [1.82, 2.24) is 0 Å². The summed E-state index contributed by atoms with van der Waals surface area (Å²) in [6.45, 7) is -0.135. The predicted molar refractivity (Wildman–Crippen MR) is 127 cm³/mol. The summed E-state index contributed by atoms with van der Waals surface area (Å²) in [5.74, 6) is -1.46. The molecular weight excluding hydrogens is 536 g/mol. The van der Waals surface area contributed by atoms with E-state index < -0.39 is 34.1 Å². The van der Waals surface area contributed by atoms with E-state index in [0.29, 0.717) is 0 Å². The van der Waals surface area contributed by atoms with Crippen LogP contribution >= 0.6 is 11.6 Å². The van der Waals surface area contributed by atoms with Crippen LogP contribution in [0, 0.1) is 15.9 Å². The van der Waals surface area contributed by atoms with Crippen molar-refractivity contribution in [1.29, 1.82) is 0 Å². The molecule has 4 aromatic rings. The van der Waals surface area contributed by atoms with Crippen LogP contribution in [0.3, 0.4) is 0 Å². The smallest absolute Gasteiger partial charge is 0.416 e. The molecule has 38 heavy (non-hydrogen) atoms. The zero-order chi connectivity index (χ0) is 27.4. The minimum absolute atomic E-state index is 0.0448. The number of hydrogen-bond donors (Lipinski definition) is 1. The van der Waals surface area contributed by atoms with Gasteiger partial charge in [0.2, 0.25) is 0 Å². The molecule has 0 aliphatic carbocycles. The zero-order valence-electron chi connectivity index (χ0n) is 18.9. The molecule has 0 spiro atoms. The lowest BCUT2D eigenvalue weighted by atomic mass is 10.2. The third kappa shape index (κ3) is 6.59. The third-order valence-corrected chi connectivity index (χ3v) is 5.20. The van der Waals surface area contributed by atoms with Crippen LogP contribution in [0.2, 0.25) is 5.02 Å². The Morgan fingerprint density at radius 3 is 2.53 bits per heavy atom. The van der Waals surface area contributed by atoms with Crippen LogP contribution in [0.1, 0.15) is 21.9 Å². The first-order valence-corrected chi connectivity index (χ1v) is 11.0. The molecule has 1 aromatic heterocycles. The largest absolute Gasteiger partial charge is 0.484 e. The van der Waals surface area contributed by atoms with E-state index in [1.807, 2.05) is 0 Å². The van der Waals surface area contributed by atoms with Crippen LogP contribution < -0.4 is 14.8 Å². The van der Waals surface area contributed by atoms with Gasteiger partial charge in [0, 0.05) is 12.1 Å². The molecule has 0 atom stereocenters. The highest BCUT2D eigenvalue weighted by Gasteiger charge is 2.30. The second-order valence-corrected chi connectivity index (χ2v) is 8.09. The summed E-state index contributed by atoms with van der Waals surface area (Å²) in [4.78, 5) is 23.3. The van der Waals surface area contributed by atoms with Gasteiger partial charge in [0.1, 0.15) is 35.4 Å². The Morgan fingerprint density at radius 1 is 1.03 bits per heavy atom. The minimum atomic E-state index is -4.61. The Bertz CT molecular complexity index is 1510. The van der Waals surface area contributed by atoms with E-state index in [1.165, 1.54) is 30.3 Å². The maximum Gasteiger partial charge on any atom is 0.416 e. The molecule has 196 valence electrons. The lowest BCUT2D eigenvalue weighted by Gasteiger charge is -2.11. The van der Waals surface area contributed by atoms with Gasteiger partial charge in [-0.2, -0.15) is 13.2 Å². The van der Waals surface area contributed by atoms with Crippen LogP contribution in [-0.2, 0) is 12.8 Å². The number of alkyl halides is 3. The first-order chi connectivity index (χ1) is 18.0. The van der Waals surface area contributed by atoms with Crippen molar-refractivity contribution < 1.29 is 41.2 Å². The summed E-state index contributed by atoms with van der Waals surface area (Å²) in [6.07, 6.45) is -4.61. The fraction of sp³-hybridized carbons (Fsp3) is 0.0800. The number of rotatable bonds is 8. The summed E-state index contributed by atoms with van der Waals surface area (Å²) in [6, 6.07) is 13.5. The number of nitrogens with zero attached hydrogens (tertiary/aromatic N) is 1. The van der Waals surface area contributed by atoms with Crippen molar-refractivity contribution in [2.45, 2.75) is 12.8 Å². The molecule has 1 N–H and O–H groups in total. The van der Waals surface area contributed by atoms with Gasteiger partial charge in [-0.1, -0.05) is 17.7 Å². The standard InChI is InChI=1S/C25H15ClF4N2O6/c26-21-9-15(27)4-6-22(21)36-13-19-5-7-23(38-19)24(33)31-16-10-17(32(34)35)12-20(11-16)37-18-3-1-2-14(8-18)25(28,29)30/h1-12H,13H2,(H,31,33). The first-order valence-electron chi connectivity index (χ1n) is 10.6. The average molecular weight is 551 g/mol. The molecule has 0 aliphatic heterocycles. The number of ether oxygens (including phenoxy) is 2. The summed E-state index contributed by atoms with van der Waals surface area (Å²) in [5, 5.41) is 13.8. The molecule has 0 saturated carbocycles. The molecule has 13 heteroatoms. The van der Waals surface area contributed by atoms with E-state index in [9.17, 15) is 32.5 Å². The Hall–Kier alpha value is -4.58. The normalized spacial score (nSPS) is 11.2. The molecular formula is C25H15ClF4N2O6. The monoisotopic (exact) mass is 550 g/mol. The molecule has 0 saturated heterocycles. The fourth-order valence-electron chi connectivity index (χ4n) is 3.20. The topological polar surface area (TPSA) is 104 Å². The van der Waals surface area contributed by atoms with Crippen LogP contribution in [0.25, 0.3) is 0 Å².